The van der Waals surface area contributed by atoms with Gasteiger partial charge in [0.15, 0.2) is 5.13 Å². The van der Waals surface area contributed by atoms with Crippen molar-refractivity contribution in [3.8, 4) is 0 Å². The van der Waals surface area contributed by atoms with Crippen LogP contribution in [0.15, 0.2) is 22.2 Å². The molecule has 0 unspecified atom stereocenters. The molecule has 0 aromatic carbocycles. The fraction of sp³-hybridized carbons (Fsp3) is 0.385. The third-order valence-electron chi connectivity index (χ3n) is 2.49. The van der Waals surface area contributed by atoms with E-state index in [2.05, 4.69) is 34.6 Å². The van der Waals surface area contributed by atoms with Crippen molar-refractivity contribution in [2.24, 2.45) is 5.92 Å². The highest BCUT2D eigenvalue weighted by Crippen LogP contribution is 2.10. The molecular weight excluding hydrogens is 292 g/mol. The summed E-state index contributed by atoms with van der Waals surface area (Å²) >= 11 is 1.31. The van der Waals surface area contributed by atoms with Gasteiger partial charge in [-0.2, -0.15) is 0 Å². The molecule has 21 heavy (non-hydrogen) atoms. The molecule has 2 amide bonds. The van der Waals surface area contributed by atoms with Gasteiger partial charge in [0.2, 0.25) is 11.7 Å². The summed E-state index contributed by atoms with van der Waals surface area (Å²) in [6.07, 6.45) is 2.32. The molecule has 2 N–H and O–H groups in total. The zero-order chi connectivity index (χ0) is 15.2. The van der Waals surface area contributed by atoms with E-state index >= 15 is 0 Å². The van der Waals surface area contributed by atoms with Crippen LogP contribution in [0.25, 0.3) is 0 Å². The smallest absolute Gasteiger partial charge is 0.290 e. The first kappa shape index (κ1) is 15.2. The average molecular weight is 308 g/mol. The van der Waals surface area contributed by atoms with Crippen LogP contribution in [0.5, 0.6) is 0 Å². The predicted octanol–water partition coefficient (Wildman–Crippen LogP) is 1.70. The van der Waals surface area contributed by atoms with Crippen LogP contribution in [0.4, 0.5) is 5.13 Å². The minimum Gasteiger partial charge on any atom is -0.351 e. The van der Waals surface area contributed by atoms with Crippen molar-refractivity contribution in [3.05, 3.63) is 29.1 Å². The third kappa shape index (κ3) is 4.67. The Labute approximate surface area is 125 Å². The van der Waals surface area contributed by atoms with Gasteiger partial charge in [-0.15, -0.1) is 11.3 Å². The second-order valence-corrected chi connectivity index (χ2v) is 5.74. The van der Waals surface area contributed by atoms with Crippen LogP contribution in [0.2, 0.25) is 0 Å². The molecule has 0 aliphatic rings. The van der Waals surface area contributed by atoms with E-state index in [4.69, 9.17) is 4.52 Å². The highest BCUT2D eigenvalue weighted by atomic mass is 32.1. The maximum atomic E-state index is 11.8. The Bertz CT molecular complexity index is 607. The van der Waals surface area contributed by atoms with E-state index in [-0.39, 0.29) is 18.2 Å². The van der Waals surface area contributed by atoms with E-state index in [9.17, 15) is 9.59 Å². The maximum Gasteiger partial charge on any atom is 0.290 e. The Hall–Kier alpha value is -2.22. The topological polar surface area (TPSA) is 97.1 Å². The fourth-order valence-electron chi connectivity index (χ4n) is 1.63. The monoisotopic (exact) mass is 308 g/mol. The lowest BCUT2D eigenvalue weighted by Gasteiger charge is -2.02. The molecule has 0 aliphatic carbocycles. The molecule has 0 atom stereocenters. The van der Waals surface area contributed by atoms with Crippen LogP contribution in [0, 0.1) is 5.92 Å². The number of anilines is 1. The third-order valence-corrected chi connectivity index (χ3v) is 3.18. The van der Waals surface area contributed by atoms with Crippen LogP contribution in [0.3, 0.4) is 0 Å². The maximum absolute atomic E-state index is 11.8. The van der Waals surface area contributed by atoms with Gasteiger partial charge in [-0.25, -0.2) is 4.98 Å². The van der Waals surface area contributed by atoms with Gasteiger partial charge in [-0.3, -0.25) is 9.59 Å². The second kappa shape index (κ2) is 6.98. The van der Waals surface area contributed by atoms with Crippen molar-refractivity contribution in [2.75, 3.05) is 11.9 Å². The number of rotatable bonds is 6. The molecule has 2 rings (SSSR count). The lowest BCUT2D eigenvalue weighted by Crippen LogP contribution is -2.32. The van der Waals surface area contributed by atoms with E-state index < -0.39 is 5.91 Å². The van der Waals surface area contributed by atoms with E-state index in [1.807, 2.05) is 0 Å². The Morgan fingerprint density at radius 2 is 2.24 bits per heavy atom. The second-order valence-electron chi connectivity index (χ2n) is 4.85. The highest BCUT2D eigenvalue weighted by molar-refractivity contribution is 7.13. The fourth-order valence-corrected chi connectivity index (χ4v) is 2.17. The molecule has 0 fully saturated rings. The van der Waals surface area contributed by atoms with E-state index in [1.54, 1.807) is 17.6 Å². The van der Waals surface area contributed by atoms with Crippen molar-refractivity contribution < 1.29 is 14.1 Å². The molecule has 2 heterocycles. The summed E-state index contributed by atoms with van der Waals surface area (Å²) in [5, 5.41) is 11.1. The predicted molar refractivity (Wildman–Crippen MR) is 78.1 cm³/mol. The van der Waals surface area contributed by atoms with E-state index in [1.165, 1.54) is 11.3 Å². The van der Waals surface area contributed by atoms with Crippen molar-refractivity contribution in [1.82, 2.24) is 15.5 Å². The normalized spacial score (nSPS) is 10.6. The van der Waals surface area contributed by atoms with Gasteiger partial charge < -0.3 is 15.2 Å². The zero-order valence-corrected chi connectivity index (χ0v) is 12.6. The van der Waals surface area contributed by atoms with E-state index in [0.29, 0.717) is 11.0 Å². The molecule has 0 spiro atoms. The summed E-state index contributed by atoms with van der Waals surface area (Å²) in [7, 11) is 0. The minimum atomic E-state index is -0.466. The van der Waals surface area contributed by atoms with Gasteiger partial charge >= 0.3 is 0 Å². The number of nitrogens with zero attached hydrogens (tertiary/aromatic N) is 2. The first-order chi connectivity index (χ1) is 10.0. The Kier molecular flexibility index (Phi) is 5.04. The summed E-state index contributed by atoms with van der Waals surface area (Å²) in [4.78, 5) is 27.3. The van der Waals surface area contributed by atoms with Crippen molar-refractivity contribution in [2.45, 2.75) is 20.3 Å². The Morgan fingerprint density at radius 3 is 2.90 bits per heavy atom. The van der Waals surface area contributed by atoms with Crippen molar-refractivity contribution in [1.29, 1.82) is 0 Å². The quantitative estimate of drug-likeness (QED) is 0.846. The zero-order valence-electron chi connectivity index (χ0n) is 11.8. The number of carbonyl (C=O) groups is 2. The molecular formula is C13H16N4O3S. The van der Waals surface area contributed by atoms with Crippen molar-refractivity contribution >= 4 is 28.3 Å². The number of amides is 2. The SMILES string of the molecule is CC(C)Cc1cc(C(=O)NCC(=O)Nc2nccs2)on1. The molecule has 7 nitrogen and oxygen atoms in total. The average Bonchev–Trinajstić information content (AvgIpc) is 3.07. The lowest BCUT2D eigenvalue weighted by atomic mass is 10.1. The number of thiazole rings is 1. The molecule has 0 saturated carbocycles. The first-order valence-electron chi connectivity index (χ1n) is 6.47. The molecule has 0 radical (unpaired) electrons. The largest absolute Gasteiger partial charge is 0.351 e. The Balaban J connectivity index is 1.81. The van der Waals surface area contributed by atoms with Crippen LogP contribution in [0.1, 0.15) is 30.1 Å². The van der Waals surface area contributed by atoms with Gasteiger partial charge in [0.25, 0.3) is 5.91 Å². The summed E-state index contributed by atoms with van der Waals surface area (Å²) in [5.74, 6) is -0.283. The van der Waals surface area contributed by atoms with Gasteiger partial charge in [0, 0.05) is 17.6 Å². The molecule has 2 aromatic heterocycles. The number of nitrogens with one attached hydrogen (secondary N) is 2. The number of hydrogen-bond donors (Lipinski definition) is 2. The number of hydrogen-bond acceptors (Lipinski definition) is 6. The Morgan fingerprint density at radius 1 is 1.43 bits per heavy atom. The van der Waals surface area contributed by atoms with Crippen molar-refractivity contribution in [3.63, 3.8) is 0 Å². The molecule has 8 heteroatoms. The molecule has 112 valence electrons. The molecule has 0 bridgehead atoms. The lowest BCUT2D eigenvalue weighted by molar-refractivity contribution is -0.115. The van der Waals surface area contributed by atoms with Crippen LogP contribution in [-0.2, 0) is 11.2 Å². The standard InChI is InChI=1S/C13H16N4O3S/c1-8(2)5-9-6-10(20-17-9)12(19)15-7-11(18)16-13-14-3-4-21-13/h3-4,6,8H,5,7H2,1-2H3,(H,15,19)(H,14,16,18). The number of aromatic nitrogens is 2. The van der Waals surface area contributed by atoms with Gasteiger partial charge in [0.1, 0.15) is 0 Å². The minimum absolute atomic E-state index is 0.104. The number of carbonyl (C=O) groups excluding carboxylic acids is 2. The van der Waals surface area contributed by atoms with Gasteiger partial charge in [-0.1, -0.05) is 19.0 Å². The summed E-state index contributed by atoms with van der Waals surface area (Å²) in [5.41, 5.74) is 0.724. The van der Waals surface area contributed by atoms with Gasteiger partial charge in [0.05, 0.1) is 12.2 Å². The van der Waals surface area contributed by atoms with E-state index in [0.717, 1.165) is 12.1 Å². The van der Waals surface area contributed by atoms with Crippen LogP contribution < -0.4 is 10.6 Å². The van der Waals surface area contributed by atoms with Crippen LogP contribution >= 0.6 is 11.3 Å². The van der Waals surface area contributed by atoms with Gasteiger partial charge in [-0.05, 0) is 12.3 Å². The van der Waals surface area contributed by atoms with Crippen LogP contribution in [-0.4, -0.2) is 28.5 Å². The molecule has 0 aliphatic heterocycles. The molecule has 0 saturated heterocycles. The summed E-state index contributed by atoms with van der Waals surface area (Å²) < 4.78 is 4.96. The summed E-state index contributed by atoms with van der Waals surface area (Å²) in [6, 6.07) is 1.59. The summed E-state index contributed by atoms with van der Waals surface area (Å²) in [6.45, 7) is 3.95. The highest BCUT2D eigenvalue weighted by Gasteiger charge is 2.15. The molecule has 2 aromatic rings. The first-order valence-corrected chi connectivity index (χ1v) is 7.35.